The number of carbonyl (C=O) groups excluding carboxylic acids is 2. The van der Waals surface area contributed by atoms with E-state index in [9.17, 15) is 18.0 Å². The number of sulfonamides is 1. The molecule has 0 bridgehead atoms. The van der Waals surface area contributed by atoms with Gasteiger partial charge < -0.3 is 10.5 Å². The Bertz CT molecular complexity index is 560. The van der Waals surface area contributed by atoms with Crippen LogP contribution in [0.2, 0.25) is 0 Å². The van der Waals surface area contributed by atoms with Crippen molar-refractivity contribution in [2.45, 2.75) is 11.8 Å². The Morgan fingerprint density at radius 2 is 2.06 bits per heavy atom. The highest BCUT2D eigenvalue weighted by Crippen LogP contribution is 2.27. The Balaban J connectivity index is 3.35. The van der Waals surface area contributed by atoms with Crippen LogP contribution in [-0.2, 0) is 14.8 Å². The van der Waals surface area contributed by atoms with E-state index >= 15 is 0 Å². The minimum atomic E-state index is -4.15. The van der Waals surface area contributed by atoms with Crippen molar-refractivity contribution in [3.8, 4) is 0 Å². The van der Waals surface area contributed by atoms with E-state index in [1.807, 2.05) is 0 Å². The molecule has 7 nitrogen and oxygen atoms in total. The van der Waals surface area contributed by atoms with Gasteiger partial charge in [-0.05, 0) is 17.9 Å². The molecule has 3 N–H and O–H groups in total. The van der Waals surface area contributed by atoms with Crippen molar-refractivity contribution in [3.05, 3.63) is 15.8 Å². The Morgan fingerprint density at radius 1 is 1.47 bits per heavy atom. The summed E-state index contributed by atoms with van der Waals surface area (Å²) in [6.45, 7) is 1.50. The second-order valence-corrected chi connectivity index (χ2v) is 5.54. The van der Waals surface area contributed by atoms with Gasteiger partial charge in [0.2, 0.25) is 0 Å². The number of methoxy groups -OCH3 is 1. The van der Waals surface area contributed by atoms with Crippen LogP contribution < -0.4 is 10.5 Å². The molecule has 1 heterocycles. The number of primary amides is 1. The summed E-state index contributed by atoms with van der Waals surface area (Å²) in [7, 11) is -3.01. The molecule has 0 aliphatic carbocycles. The first-order chi connectivity index (χ1) is 7.79. The topological polar surface area (TPSA) is 116 Å². The third-order valence-electron chi connectivity index (χ3n) is 1.79. The summed E-state index contributed by atoms with van der Waals surface area (Å²) in [5, 5.41) is 1.47. The molecule has 0 aliphatic heterocycles. The molecule has 0 aliphatic rings. The number of ether oxygens (including phenoxy) is 1. The Morgan fingerprint density at radius 3 is 2.53 bits per heavy atom. The standard InChI is InChI=1S/C8H10N2O5S2/c1-4-3-16-5(7(11)15-2)6(4)17(13,14)10-8(9)12/h3H,1-2H3,(H3,9,10,12). The molecular formula is C8H10N2O5S2. The molecule has 1 rings (SSSR count). The van der Waals surface area contributed by atoms with Gasteiger partial charge in [0.1, 0.15) is 9.77 Å². The number of amides is 2. The number of carbonyl (C=O) groups is 2. The molecule has 9 heteroatoms. The lowest BCUT2D eigenvalue weighted by molar-refractivity contribution is 0.0602. The molecule has 0 saturated carbocycles. The number of thiophene rings is 1. The average Bonchev–Trinajstić information content (AvgIpc) is 2.57. The number of hydrogen-bond donors (Lipinski definition) is 2. The number of nitrogens with one attached hydrogen (secondary N) is 1. The summed E-state index contributed by atoms with van der Waals surface area (Å²) < 4.78 is 29.6. The van der Waals surface area contributed by atoms with Crippen LogP contribution >= 0.6 is 11.3 Å². The van der Waals surface area contributed by atoms with Gasteiger partial charge in [0.25, 0.3) is 10.0 Å². The smallest absolute Gasteiger partial charge is 0.349 e. The Kier molecular flexibility index (Phi) is 3.73. The van der Waals surface area contributed by atoms with Crippen LogP contribution in [-0.4, -0.2) is 27.5 Å². The van der Waals surface area contributed by atoms with E-state index in [2.05, 4.69) is 4.74 Å². The predicted octanol–water partition coefficient (Wildman–Crippen LogP) is 0.200. The van der Waals surface area contributed by atoms with Gasteiger partial charge in [-0.1, -0.05) is 0 Å². The van der Waals surface area contributed by atoms with Crippen molar-refractivity contribution >= 4 is 33.4 Å². The van der Waals surface area contributed by atoms with Crippen molar-refractivity contribution in [2.24, 2.45) is 5.73 Å². The van der Waals surface area contributed by atoms with Gasteiger partial charge in [0.15, 0.2) is 0 Å². The van der Waals surface area contributed by atoms with Gasteiger partial charge in [-0.15, -0.1) is 11.3 Å². The minimum Gasteiger partial charge on any atom is -0.465 e. The van der Waals surface area contributed by atoms with E-state index in [-0.39, 0.29) is 9.77 Å². The molecule has 2 amide bonds. The van der Waals surface area contributed by atoms with Crippen LogP contribution in [0.25, 0.3) is 0 Å². The summed E-state index contributed by atoms with van der Waals surface area (Å²) in [5.41, 5.74) is 5.09. The summed E-state index contributed by atoms with van der Waals surface area (Å²) in [6.07, 6.45) is 0. The van der Waals surface area contributed by atoms with E-state index < -0.39 is 22.0 Å². The highest BCUT2D eigenvalue weighted by atomic mass is 32.2. The van der Waals surface area contributed by atoms with Crippen molar-refractivity contribution in [3.63, 3.8) is 0 Å². The average molecular weight is 278 g/mol. The van der Waals surface area contributed by atoms with Crippen LogP contribution in [0, 0.1) is 6.92 Å². The maximum Gasteiger partial charge on any atom is 0.349 e. The number of hydrogen-bond acceptors (Lipinski definition) is 6. The highest BCUT2D eigenvalue weighted by Gasteiger charge is 2.28. The third-order valence-corrected chi connectivity index (χ3v) is 4.53. The van der Waals surface area contributed by atoms with Gasteiger partial charge >= 0.3 is 12.0 Å². The molecule has 0 radical (unpaired) electrons. The second kappa shape index (κ2) is 4.72. The van der Waals surface area contributed by atoms with Gasteiger partial charge in [-0.3, -0.25) is 0 Å². The van der Waals surface area contributed by atoms with Crippen LogP contribution in [0.5, 0.6) is 0 Å². The zero-order valence-electron chi connectivity index (χ0n) is 9.01. The number of esters is 1. The van der Waals surface area contributed by atoms with E-state index in [0.717, 1.165) is 18.4 Å². The highest BCUT2D eigenvalue weighted by molar-refractivity contribution is 7.90. The number of aryl methyl sites for hydroxylation is 1. The fraction of sp³-hybridized carbons (Fsp3) is 0.250. The van der Waals surface area contributed by atoms with Gasteiger partial charge in [-0.2, -0.15) is 0 Å². The lowest BCUT2D eigenvalue weighted by Gasteiger charge is -2.06. The van der Waals surface area contributed by atoms with E-state index in [1.165, 1.54) is 12.3 Å². The minimum absolute atomic E-state index is 0.0984. The predicted molar refractivity (Wildman–Crippen MR) is 60.3 cm³/mol. The van der Waals surface area contributed by atoms with Crippen LogP contribution in [0.15, 0.2) is 10.3 Å². The molecule has 0 fully saturated rings. The largest absolute Gasteiger partial charge is 0.465 e. The van der Waals surface area contributed by atoms with Gasteiger partial charge in [-0.25, -0.2) is 22.7 Å². The fourth-order valence-corrected chi connectivity index (χ4v) is 3.77. The van der Waals surface area contributed by atoms with Crippen LogP contribution in [0.3, 0.4) is 0 Å². The maximum atomic E-state index is 11.8. The van der Waals surface area contributed by atoms with E-state index in [1.54, 1.807) is 4.72 Å². The quantitative estimate of drug-likeness (QED) is 0.766. The number of nitrogens with two attached hydrogens (primary N) is 1. The zero-order valence-corrected chi connectivity index (χ0v) is 10.6. The molecule has 0 spiro atoms. The molecule has 0 aromatic carbocycles. The number of rotatable bonds is 3. The summed E-state index contributed by atoms with van der Waals surface area (Å²) in [6, 6.07) is -1.22. The normalized spacial score (nSPS) is 10.9. The van der Waals surface area contributed by atoms with Crippen LogP contribution in [0.4, 0.5) is 4.79 Å². The van der Waals surface area contributed by atoms with Gasteiger partial charge in [0, 0.05) is 0 Å². The van der Waals surface area contributed by atoms with Crippen LogP contribution in [0.1, 0.15) is 15.2 Å². The Labute approximate surface area is 102 Å². The molecule has 0 atom stereocenters. The second-order valence-electron chi connectivity index (χ2n) is 3.04. The van der Waals surface area contributed by atoms with Crippen molar-refractivity contribution < 1.29 is 22.7 Å². The molecule has 17 heavy (non-hydrogen) atoms. The summed E-state index contributed by atoms with van der Waals surface area (Å²) in [5.74, 6) is -0.784. The Hall–Kier alpha value is -1.61. The van der Waals surface area contributed by atoms with Crippen molar-refractivity contribution in [2.75, 3.05) is 7.11 Å². The first-order valence-corrected chi connectivity index (χ1v) is 6.64. The maximum absolute atomic E-state index is 11.8. The van der Waals surface area contributed by atoms with Gasteiger partial charge in [0.05, 0.1) is 7.11 Å². The molecule has 1 aromatic rings. The lowest BCUT2D eigenvalue weighted by Crippen LogP contribution is -2.35. The summed E-state index contributed by atoms with van der Waals surface area (Å²) in [4.78, 5) is 21.6. The van der Waals surface area contributed by atoms with Crippen molar-refractivity contribution in [1.82, 2.24) is 4.72 Å². The molecule has 94 valence electrons. The van der Waals surface area contributed by atoms with Crippen molar-refractivity contribution in [1.29, 1.82) is 0 Å². The number of urea groups is 1. The fourth-order valence-electron chi connectivity index (χ4n) is 1.18. The van der Waals surface area contributed by atoms with E-state index in [0.29, 0.717) is 5.56 Å². The zero-order chi connectivity index (χ0) is 13.2. The lowest BCUT2D eigenvalue weighted by atomic mass is 10.3. The molecular weight excluding hydrogens is 268 g/mol. The molecule has 1 aromatic heterocycles. The first kappa shape index (κ1) is 13.5. The van der Waals surface area contributed by atoms with E-state index in [4.69, 9.17) is 5.73 Å². The molecule has 0 unspecified atom stereocenters. The molecule has 0 saturated heterocycles. The SMILES string of the molecule is COC(=O)c1scc(C)c1S(=O)(=O)NC(N)=O. The third kappa shape index (κ3) is 2.74. The summed E-state index contributed by atoms with van der Waals surface area (Å²) >= 11 is 0.917. The monoisotopic (exact) mass is 278 g/mol. The first-order valence-electron chi connectivity index (χ1n) is 4.28.